The van der Waals surface area contributed by atoms with Gasteiger partial charge in [-0.2, -0.15) is 5.10 Å². The third-order valence-electron chi connectivity index (χ3n) is 3.39. The van der Waals surface area contributed by atoms with E-state index in [1.807, 2.05) is 14.0 Å². The lowest BCUT2D eigenvalue weighted by atomic mass is 9.99. The number of nitrogens with one attached hydrogen (secondary N) is 1. The van der Waals surface area contributed by atoms with Crippen LogP contribution < -0.4 is 10.1 Å². The maximum absolute atomic E-state index is 14.2. The van der Waals surface area contributed by atoms with Gasteiger partial charge in [-0.15, -0.1) is 0 Å². The van der Waals surface area contributed by atoms with Crippen LogP contribution in [0, 0.1) is 12.7 Å². The molecule has 19 heavy (non-hydrogen) atoms. The lowest BCUT2D eigenvalue weighted by Crippen LogP contribution is -2.19. The van der Waals surface area contributed by atoms with Gasteiger partial charge in [0, 0.05) is 29.9 Å². The van der Waals surface area contributed by atoms with Crippen LogP contribution in [0.15, 0.2) is 24.4 Å². The number of hydrogen-bond donors (Lipinski definition) is 1. The second-order valence-corrected chi connectivity index (χ2v) is 4.42. The van der Waals surface area contributed by atoms with E-state index in [4.69, 9.17) is 4.74 Å². The molecule has 0 saturated heterocycles. The highest BCUT2D eigenvalue weighted by molar-refractivity contribution is 5.37. The van der Waals surface area contributed by atoms with Crippen LogP contribution in [0.4, 0.5) is 4.39 Å². The van der Waals surface area contributed by atoms with Crippen molar-refractivity contribution in [2.75, 3.05) is 14.2 Å². The Morgan fingerprint density at radius 2 is 2.11 bits per heavy atom. The van der Waals surface area contributed by atoms with Crippen molar-refractivity contribution in [1.29, 1.82) is 0 Å². The zero-order valence-corrected chi connectivity index (χ0v) is 11.6. The summed E-state index contributed by atoms with van der Waals surface area (Å²) in [5.41, 5.74) is 2.56. The Morgan fingerprint density at radius 3 is 2.58 bits per heavy atom. The largest absolute Gasteiger partial charge is 0.497 e. The molecule has 2 aromatic rings. The second kappa shape index (κ2) is 5.40. The summed E-state index contributed by atoms with van der Waals surface area (Å²) in [7, 11) is 5.20. The number of halogens is 1. The van der Waals surface area contributed by atoms with Gasteiger partial charge < -0.3 is 10.1 Å². The molecule has 1 atom stereocenters. The first-order valence-corrected chi connectivity index (χ1v) is 6.07. The highest BCUT2D eigenvalue weighted by Crippen LogP contribution is 2.28. The van der Waals surface area contributed by atoms with Gasteiger partial charge in [0.05, 0.1) is 19.3 Å². The zero-order chi connectivity index (χ0) is 14.0. The summed E-state index contributed by atoms with van der Waals surface area (Å²) in [5.74, 6) is 0.223. The Bertz CT molecular complexity index is 580. The summed E-state index contributed by atoms with van der Waals surface area (Å²) in [6.45, 7) is 1.97. The maximum atomic E-state index is 14.2. The third-order valence-corrected chi connectivity index (χ3v) is 3.39. The van der Waals surface area contributed by atoms with E-state index in [1.54, 1.807) is 30.1 Å². The molecular formula is C14H18FN3O. The number of benzene rings is 1. The number of rotatable bonds is 4. The number of aryl methyl sites for hydroxylation is 1. The van der Waals surface area contributed by atoms with Gasteiger partial charge in [-0.05, 0) is 20.0 Å². The first-order valence-electron chi connectivity index (χ1n) is 6.07. The Morgan fingerprint density at radius 1 is 1.37 bits per heavy atom. The normalized spacial score (nSPS) is 12.5. The smallest absolute Gasteiger partial charge is 0.132 e. The van der Waals surface area contributed by atoms with Crippen LogP contribution in [0.3, 0.4) is 0 Å². The van der Waals surface area contributed by atoms with Gasteiger partial charge in [-0.1, -0.05) is 6.07 Å². The molecule has 0 bridgehead atoms. The second-order valence-electron chi connectivity index (χ2n) is 4.42. The van der Waals surface area contributed by atoms with E-state index in [0.717, 1.165) is 11.3 Å². The molecule has 1 aromatic carbocycles. The molecule has 1 heterocycles. The SMILES string of the molecule is CNC(c1ccc(OC)cc1F)c1cnn(C)c1C. The van der Waals surface area contributed by atoms with Crippen molar-refractivity contribution in [1.82, 2.24) is 15.1 Å². The Kier molecular flexibility index (Phi) is 3.85. The summed E-state index contributed by atoms with van der Waals surface area (Å²) < 4.78 is 21.0. The van der Waals surface area contributed by atoms with Crippen LogP contribution in [-0.4, -0.2) is 23.9 Å². The lowest BCUT2D eigenvalue weighted by Gasteiger charge is -2.17. The van der Waals surface area contributed by atoms with Gasteiger partial charge in [0.25, 0.3) is 0 Å². The fourth-order valence-corrected chi connectivity index (χ4v) is 2.15. The van der Waals surface area contributed by atoms with Crippen molar-refractivity contribution in [2.45, 2.75) is 13.0 Å². The molecule has 0 amide bonds. The molecule has 1 unspecified atom stereocenters. The van der Waals surface area contributed by atoms with Crippen LogP contribution in [0.25, 0.3) is 0 Å². The average Bonchev–Trinajstić information content (AvgIpc) is 2.73. The van der Waals surface area contributed by atoms with E-state index in [2.05, 4.69) is 10.4 Å². The monoisotopic (exact) mass is 263 g/mol. The standard InChI is InChI=1S/C14H18FN3O/c1-9-12(8-17-18(9)3)14(16-2)11-6-5-10(19-4)7-13(11)15/h5-8,14,16H,1-4H3. The van der Waals surface area contributed by atoms with E-state index in [9.17, 15) is 4.39 Å². The molecule has 0 aliphatic heterocycles. The summed E-state index contributed by atoms with van der Waals surface area (Å²) >= 11 is 0. The van der Waals surface area contributed by atoms with Gasteiger partial charge in [0.1, 0.15) is 11.6 Å². The van der Waals surface area contributed by atoms with E-state index in [1.165, 1.54) is 13.2 Å². The molecule has 1 N–H and O–H groups in total. The van der Waals surface area contributed by atoms with Crippen molar-refractivity contribution in [3.05, 3.63) is 47.0 Å². The fourth-order valence-electron chi connectivity index (χ4n) is 2.15. The quantitative estimate of drug-likeness (QED) is 0.919. The van der Waals surface area contributed by atoms with Gasteiger partial charge >= 0.3 is 0 Å². The lowest BCUT2D eigenvalue weighted by molar-refractivity contribution is 0.410. The summed E-state index contributed by atoms with van der Waals surface area (Å²) in [4.78, 5) is 0. The van der Waals surface area contributed by atoms with E-state index >= 15 is 0 Å². The van der Waals surface area contributed by atoms with Crippen LogP contribution in [0.2, 0.25) is 0 Å². The van der Waals surface area contributed by atoms with Crippen LogP contribution in [0.1, 0.15) is 22.9 Å². The van der Waals surface area contributed by atoms with Gasteiger partial charge in [-0.3, -0.25) is 4.68 Å². The average molecular weight is 263 g/mol. The number of nitrogens with zero attached hydrogens (tertiary/aromatic N) is 2. The molecular weight excluding hydrogens is 245 g/mol. The minimum Gasteiger partial charge on any atom is -0.497 e. The number of aromatic nitrogens is 2. The summed E-state index contributed by atoms with van der Waals surface area (Å²) in [6, 6.07) is 4.67. The van der Waals surface area contributed by atoms with Crippen molar-refractivity contribution in [3.63, 3.8) is 0 Å². The number of methoxy groups -OCH3 is 1. The fraction of sp³-hybridized carbons (Fsp3) is 0.357. The molecule has 5 heteroatoms. The first kappa shape index (κ1) is 13.5. The third kappa shape index (κ3) is 2.46. The Hall–Kier alpha value is -1.88. The number of hydrogen-bond acceptors (Lipinski definition) is 3. The van der Waals surface area contributed by atoms with Crippen molar-refractivity contribution in [3.8, 4) is 5.75 Å². The van der Waals surface area contributed by atoms with E-state index in [-0.39, 0.29) is 11.9 Å². The molecule has 0 radical (unpaired) electrons. The topological polar surface area (TPSA) is 39.1 Å². The molecule has 0 fully saturated rings. The Balaban J connectivity index is 2.45. The highest BCUT2D eigenvalue weighted by atomic mass is 19.1. The minimum absolute atomic E-state index is 0.223. The zero-order valence-electron chi connectivity index (χ0n) is 11.6. The molecule has 4 nitrogen and oxygen atoms in total. The van der Waals surface area contributed by atoms with Crippen molar-refractivity contribution >= 4 is 0 Å². The van der Waals surface area contributed by atoms with Crippen molar-refractivity contribution in [2.24, 2.45) is 7.05 Å². The number of ether oxygens (including phenoxy) is 1. The molecule has 0 saturated carbocycles. The summed E-state index contributed by atoms with van der Waals surface area (Å²) in [5, 5.41) is 7.34. The molecule has 0 spiro atoms. The van der Waals surface area contributed by atoms with Gasteiger partial charge in [-0.25, -0.2) is 4.39 Å². The van der Waals surface area contributed by atoms with Crippen molar-refractivity contribution < 1.29 is 9.13 Å². The van der Waals surface area contributed by atoms with Gasteiger partial charge in [0.2, 0.25) is 0 Å². The predicted octanol–water partition coefficient (Wildman–Crippen LogP) is 2.19. The highest BCUT2D eigenvalue weighted by Gasteiger charge is 2.20. The van der Waals surface area contributed by atoms with E-state index < -0.39 is 0 Å². The molecule has 0 aliphatic carbocycles. The van der Waals surface area contributed by atoms with Crippen LogP contribution in [-0.2, 0) is 7.05 Å². The molecule has 0 aliphatic rings. The molecule has 2 rings (SSSR count). The predicted molar refractivity (Wildman–Crippen MR) is 71.8 cm³/mol. The minimum atomic E-state index is -0.290. The van der Waals surface area contributed by atoms with Crippen LogP contribution in [0.5, 0.6) is 5.75 Å². The van der Waals surface area contributed by atoms with Gasteiger partial charge in [0.15, 0.2) is 0 Å². The van der Waals surface area contributed by atoms with Crippen LogP contribution >= 0.6 is 0 Å². The first-order chi connectivity index (χ1) is 9.08. The Labute approximate surface area is 112 Å². The summed E-state index contributed by atoms with van der Waals surface area (Å²) in [6.07, 6.45) is 1.76. The molecule has 102 valence electrons. The maximum Gasteiger partial charge on any atom is 0.132 e. The molecule has 1 aromatic heterocycles. The van der Waals surface area contributed by atoms with E-state index in [0.29, 0.717) is 11.3 Å².